The first kappa shape index (κ1) is 21.6. The average molecular weight is 413 g/mol. The Kier molecular flexibility index (Phi) is 7.16. The van der Waals surface area contributed by atoms with E-state index in [1.165, 1.54) is 26.0 Å². The van der Waals surface area contributed by atoms with E-state index >= 15 is 0 Å². The van der Waals surface area contributed by atoms with Crippen LogP contribution in [0.25, 0.3) is 0 Å². The van der Waals surface area contributed by atoms with Gasteiger partial charge in [0.1, 0.15) is 21.4 Å². The zero-order chi connectivity index (χ0) is 20.2. The van der Waals surface area contributed by atoms with E-state index < -0.39 is 22.9 Å². The minimum atomic E-state index is -1.23. The number of carbonyl (C=O) groups is 1. The Morgan fingerprint density at radius 3 is 2.56 bits per heavy atom. The topological polar surface area (TPSA) is 91.0 Å². The lowest BCUT2D eigenvalue weighted by Crippen LogP contribution is -2.46. The van der Waals surface area contributed by atoms with Crippen LogP contribution >= 0.6 is 23.5 Å². The molecule has 0 aromatic heterocycles. The van der Waals surface area contributed by atoms with Crippen molar-refractivity contribution in [1.82, 2.24) is 0 Å². The van der Waals surface area contributed by atoms with Gasteiger partial charge in [-0.25, -0.2) is 0 Å². The van der Waals surface area contributed by atoms with E-state index in [9.17, 15) is 14.9 Å². The van der Waals surface area contributed by atoms with Crippen molar-refractivity contribution in [2.24, 2.45) is 10.9 Å². The SMILES string of the molecule is CCSC1=N[C@@](C(C)C)([C@H](C[N+](=O)[O-])c2cc(OC)ccc2OC)C(=O)S1. The normalized spacial score (nSPS) is 20.5. The van der Waals surface area contributed by atoms with E-state index in [0.717, 1.165) is 17.5 Å². The van der Waals surface area contributed by atoms with E-state index in [2.05, 4.69) is 0 Å². The Bertz CT molecular complexity index is 753. The van der Waals surface area contributed by atoms with Gasteiger partial charge in [0.15, 0.2) is 0 Å². The van der Waals surface area contributed by atoms with Crippen molar-refractivity contribution in [2.75, 3.05) is 26.5 Å². The Morgan fingerprint density at radius 1 is 1.33 bits per heavy atom. The third-order valence-electron chi connectivity index (χ3n) is 4.61. The molecule has 7 nitrogen and oxygen atoms in total. The molecule has 2 atom stereocenters. The van der Waals surface area contributed by atoms with Gasteiger partial charge in [-0.2, -0.15) is 0 Å². The minimum absolute atomic E-state index is 0.162. The first-order valence-corrected chi connectivity index (χ1v) is 10.4. The Labute approximate surface area is 167 Å². The molecule has 0 saturated carbocycles. The summed E-state index contributed by atoms with van der Waals surface area (Å²) in [5.74, 6) is 0.798. The highest BCUT2D eigenvalue weighted by Gasteiger charge is 2.55. The number of hydrogen-bond acceptors (Lipinski definition) is 8. The van der Waals surface area contributed by atoms with Gasteiger partial charge in [-0.3, -0.25) is 19.9 Å². The van der Waals surface area contributed by atoms with Gasteiger partial charge in [-0.15, -0.1) is 0 Å². The number of nitrogens with zero attached hydrogens (tertiary/aromatic N) is 2. The lowest BCUT2D eigenvalue weighted by Gasteiger charge is -2.35. The number of hydrogen-bond donors (Lipinski definition) is 0. The Morgan fingerprint density at radius 2 is 2.04 bits per heavy atom. The summed E-state index contributed by atoms with van der Waals surface area (Å²) in [5.41, 5.74) is -0.669. The van der Waals surface area contributed by atoms with Gasteiger partial charge in [-0.05, 0) is 41.6 Å². The highest BCUT2D eigenvalue weighted by atomic mass is 32.2. The largest absolute Gasteiger partial charge is 0.497 e. The molecular formula is C18H24N2O5S2. The summed E-state index contributed by atoms with van der Waals surface area (Å²) in [4.78, 5) is 29.0. The van der Waals surface area contributed by atoms with Gasteiger partial charge in [0.2, 0.25) is 11.7 Å². The molecule has 0 unspecified atom stereocenters. The van der Waals surface area contributed by atoms with Crippen molar-refractivity contribution in [1.29, 1.82) is 0 Å². The minimum Gasteiger partial charge on any atom is -0.497 e. The lowest BCUT2D eigenvalue weighted by atomic mass is 9.73. The van der Waals surface area contributed by atoms with Crippen molar-refractivity contribution in [2.45, 2.75) is 32.2 Å². The summed E-state index contributed by atoms with van der Waals surface area (Å²) >= 11 is 2.56. The number of methoxy groups -OCH3 is 2. The predicted molar refractivity (Wildman–Crippen MR) is 110 cm³/mol. The summed E-state index contributed by atoms with van der Waals surface area (Å²) in [6.45, 7) is 5.30. The molecule has 1 heterocycles. The molecule has 0 radical (unpaired) electrons. The van der Waals surface area contributed by atoms with Crippen LogP contribution in [0, 0.1) is 16.0 Å². The van der Waals surface area contributed by atoms with Crippen LogP contribution in [0.5, 0.6) is 11.5 Å². The summed E-state index contributed by atoms with van der Waals surface area (Å²) < 4.78 is 11.4. The second kappa shape index (κ2) is 8.97. The van der Waals surface area contributed by atoms with Crippen molar-refractivity contribution in [3.05, 3.63) is 33.9 Å². The molecule has 0 amide bonds. The van der Waals surface area contributed by atoms with Crippen LogP contribution in [0.1, 0.15) is 32.3 Å². The van der Waals surface area contributed by atoms with Crippen LogP contribution < -0.4 is 9.47 Å². The maximum absolute atomic E-state index is 13.1. The fourth-order valence-corrected chi connectivity index (χ4v) is 5.51. The van der Waals surface area contributed by atoms with E-state index in [0.29, 0.717) is 21.4 Å². The second-order valence-electron chi connectivity index (χ2n) is 6.36. The van der Waals surface area contributed by atoms with Crippen LogP contribution in [-0.4, -0.2) is 46.5 Å². The standard InChI is InChI=1S/C18H24N2O5S2/c1-6-26-17-19-18(11(2)3,16(21)27-17)14(10-20(22)23)13-9-12(24-4)7-8-15(13)25-5/h7-9,11,14H,6,10H2,1-5H3/t14-,18+/m1/s1. The number of rotatable bonds is 8. The highest BCUT2D eigenvalue weighted by Crippen LogP contribution is 2.50. The number of benzene rings is 1. The molecule has 2 rings (SSSR count). The first-order valence-electron chi connectivity index (χ1n) is 8.58. The predicted octanol–water partition coefficient (Wildman–Crippen LogP) is 3.84. The quantitative estimate of drug-likeness (QED) is 0.473. The molecule has 9 heteroatoms. The smallest absolute Gasteiger partial charge is 0.224 e. The van der Waals surface area contributed by atoms with Gasteiger partial charge in [0.25, 0.3) is 0 Å². The monoisotopic (exact) mass is 412 g/mol. The summed E-state index contributed by atoms with van der Waals surface area (Å²) in [7, 11) is 3.03. The molecule has 1 aliphatic rings. The van der Waals surface area contributed by atoms with E-state index in [1.807, 2.05) is 20.8 Å². The molecule has 148 valence electrons. The van der Waals surface area contributed by atoms with Crippen molar-refractivity contribution in [3.63, 3.8) is 0 Å². The molecule has 0 fully saturated rings. The summed E-state index contributed by atoms with van der Waals surface area (Å²) in [6, 6.07) is 5.13. The second-order valence-corrected chi connectivity index (χ2v) is 8.83. The number of ether oxygens (including phenoxy) is 2. The van der Waals surface area contributed by atoms with Crippen molar-refractivity contribution in [3.8, 4) is 11.5 Å². The molecule has 1 aromatic rings. The van der Waals surface area contributed by atoms with Gasteiger partial charge in [0, 0.05) is 10.5 Å². The van der Waals surface area contributed by atoms with Crippen molar-refractivity contribution >= 4 is 33.0 Å². The molecule has 0 spiro atoms. The van der Waals surface area contributed by atoms with E-state index in [1.54, 1.807) is 18.2 Å². The summed E-state index contributed by atoms with van der Waals surface area (Å²) in [5, 5.41) is 11.4. The maximum atomic E-state index is 13.1. The maximum Gasteiger partial charge on any atom is 0.224 e. The lowest BCUT2D eigenvalue weighted by molar-refractivity contribution is -0.485. The van der Waals surface area contributed by atoms with Gasteiger partial charge in [0.05, 0.1) is 20.1 Å². The highest BCUT2D eigenvalue weighted by molar-refractivity contribution is 8.45. The van der Waals surface area contributed by atoms with Crippen LogP contribution in [0.2, 0.25) is 0 Å². The fraction of sp³-hybridized carbons (Fsp3) is 0.556. The Hall–Kier alpha value is -1.74. The molecule has 0 bridgehead atoms. The van der Waals surface area contributed by atoms with Gasteiger partial charge < -0.3 is 9.47 Å². The number of carbonyl (C=O) groups excluding carboxylic acids is 1. The molecule has 1 aromatic carbocycles. The molecular weight excluding hydrogens is 388 g/mol. The average Bonchev–Trinajstić information content (AvgIpc) is 2.96. The van der Waals surface area contributed by atoms with Gasteiger partial charge >= 0.3 is 0 Å². The van der Waals surface area contributed by atoms with Crippen LogP contribution in [0.15, 0.2) is 23.2 Å². The van der Waals surface area contributed by atoms with Crippen LogP contribution in [-0.2, 0) is 4.79 Å². The summed E-state index contributed by atoms with van der Waals surface area (Å²) in [6.07, 6.45) is 0. The number of aliphatic imine (C=N–C) groups is 1. The molecule has 27 heavy (non-hydrogen) atoms. The zero-order valence-electron chi connectivity index (χ0n) is 16.1. The van der Waals surface area contributed by atoms with Gasteiger partial charge in [-0.1, -0.05) is 32.5 Å². The zero-order valence-corrected chi connectivity index (χ0v) is 17.7. The van der Waals surface area contributed by atoms with Crippen LogP contribution in [0.3, 0.4) is 0 Å². The molecule has 0 aliphatic carbocycles. The number of thioether (sulfide) groups is 2. The Balaban J connectivity index is 2.71. The number of nitro groups is 1. The van der Waals surface area contributed by atoms with Crippen LogP contribution in [0.4, 0.5) is 0 Å². The van der Waals surface area contributed by atoms with E-state index in [-0.39, 0.29) is 11.0 Å². The first-order chi connectivity index (χ1) is 12.8. The third-order valence-corrected chi connectivity index (χ3v) is 6.62. The third kappa shape index (κ3) is 4.24. The van der Waals surface area contributed by atoms with Crippen molar-refractivity contribution < 1.29 is 19.2 Å². The molecule has 1 aliphatic heterocycles. The van der Waals surface area contributed by atoms with E-state index in [4.69, 9.17) is 14.5 Å². The molecule has 0 saturated heterocycles. The molecule has 0 N–H and O–H groups in total. The fourth-order valence-electron chi connectivity index (χ4n) is 3.29.